The second kappa shape index (κ2) is 10.2. The summed E-state index contributed by atoms with van der Waals surface area (Å²) >= 11 is 0. The molecule has 7 heteroatoms. The summed E-state index contributed by atoms with van der Waals surface area (Å²) in [5.41, 5.74) is 4.32. The number of rotatable bonds is 8. The first-order valence-corrected chi connectivity index (χ1v) is 10.7. The van der Waals surface area contributed by atoms with E-state index in [1.807, 2.05) is 59.4 Å². The highest BCUT2D eigenvalue weighted by molar-refractivity contribution is 5.78. The van der Waals surface area contributed by atoms with Gasteiger partial charge in [-0.1, -0.05) is 36.4 Å². The number of benzene rings is 2. The summed E-state index contributed by atoms with van der Waals surface area (Å²) in [6, 6.07) is 15.7. The molecule has 166 valence electrons. The lowest BCUT2D eigenvalue weighted by atomic mass is 10.0. The van der Waals surface area contributed by atoms with Gasteiger partial charge < -0.3 is 14.8 Å². The van der Waals surface area contributed by atoms with E-state index in [0.29, 0.717) is 24.6 Å². The van der Waals surface area contributed by atoms with E-state index in [0.717, 1.165) is 36.3 Å². The molecule has 2 aromatic carbocycles. The Bertz CT molecular complexity index is 1090. The Morgan fingerprint density at radius 3 is 2.66 bits per heavy atom. The van der Waals surface area contributed by atoms with E-state index in [9.17, 15) is 4.79 Å². The van der Waals surface area contributed by atoms with Crippen molar-refractivity contribution in [2.45, 2.75) is 13.0 Å². The summed E-state index contributed by atoms with van der Waals surface area (Å²) in [5.74, 6) is 1.30. The number of hydrogen-bond acceptors (Lipinski definition) is 5. The van der Waals surface area contributed by atoms with E-state index in [4.69, 9.17) is 9.47 Å². The number of methoxy groups -OCH3 is 2. The van der Waals surface area contributed by atoms with Crippen LogP contribution in [0.5, 0.6) is 11.5 Å². The first-order chi connectivity index (χ1) is 15.7. The normalized spacial score (nSPS) is 14.0. The number of carbonyl (C=O) groups is 1. The van der Waals surface area contributed by atoms with Crippen LogP contribution in [0, 0.1) is 0 Å². The van der Waals surface area contributed by atoms with E-state index >= 15 is 0 Å². The van der Waals surface area contributed by atoms with Gasteiger partial charge in [0.05, 0.1) is 32.6 Å². The quantitative estimate of drug-likeness (QED) is 0.592. The maximum absolute atomic E-state index is 12.5. The smallest absolute Gasteiger partial charge is 0.234 e. The second-order valence-corrected chi connectivity index (χ2v) is 7.65. The fourth-order valence-corrected chi connectivity index (χ4v) is 3.87. The van der Waals surface area contributed by atoms with Gasteiger partial charge in [0.25, 0.3) is 0 Å². The second-order valence-electron chi connectivity index (χ2n) is 7.65. The number of hydrogen-bond donors (Lipinski definition) is 1. The van der Waals surface area contributed by atoms with Gasteiger partial charge in [-0.2, -0.15) is 5.10 Å². The number of ether oxygens (including phenoxy) is 2. The summed E-state index contributed by atoms with van der Waals surface area (Å²) in [7, 11) is 3.20. The van der Waals surface area contributed by atoms with Gasteiger partial charge in [0, 0.05) is 37.0 Å². The Labute approximate surface area is 188 Å². The van der Waals surface area contributed by atoms with Crippen LogP contribution in [-0.4, -0.2) is 54.4 Å². The summed E-state index contributed by atoms with van der Waals surface area (Å²) in [6.07, 6.45) is 7.04. The first-order valence-electron chi connectivity index (χ1n) is 10.7. The van der Waals surface area contributed by atoms with Crippen molar-refractivity contribution in [3.05, 3.63) is 78.1 Å². The van der Waals surface area contributed by atoms with Crippen LogP contribution < -0.4 is 14.8 Å². The third-order valence-corrected chi connectivity index (χ3v) is 5.60. The standard InChI is InChI=1S/C25H28N4O3/c1-31-23-10-6-7-20(25(23)32-2)15-26-24(30)18-28-13-11-19(12-14-28)21-16-27-29(17-21)22-8-4-3-5-9-22/h3-11,16-17H,12-15,18H2,1-2H3,(H,26,30). The van der Waals surface area contributed by atoms with Gasteiger partial charge in [-0.25, -0.2) is 4.68 Å². The molecule has 1 N–H and O–H groups in total. The average Bonchev–Trinajstić information content (AvgIpc) is 3.34. The third-order valence-electron chi connectivity index (χ3n) is 5.60. The maximum Gasteiger partial charge on any atom is 0.234 e. The lowest BCUT2D eigenvalue weighted by molar-refractivity contribution is -0.122. The lowest BCUT2D eigenvalue weighted by Gasteiger charge is -2.25. The van der Waals surface area contributed by atoms with Crippen molar-refractivity contribution in [1.82, 2.24) is 20.0 Å². The molecule has 1 amide bonds. The average molecular weight is 433 g/mol. The fraction of sp³-hybridized carbons (Fsp3) is 0.280. The Morgan fingerprint density at radius 2 is 1.94 bits per heavy atom. The van der Waals surface area contributed by atoms with Crippen LogP contribution in [0.15, 0.2) is 67.0 Å². The summed E-state index contributed by atoms with van der Waals surface area (Å²) in [5, 5.41) is 7.47. The van der Waals surface area contributed by atoms with Gasteiger partial charge in [0.1, 0.15) is 0 Å². The Balaban J connectivity index is 1.30. The fourth-order valence-electron chi connectivity index (χ4n) is 3.87. The molecule has 0 atom stereocenters. The van der Waals surface area contributed by atoms with Crippen molar-refractivity contribution < 1.29 is 14.3 Å². The predicted molar refractivity (Wildman–Crippen MR) is 124 cm³/mol. The number of para-hydroxylation sites is 2. The number of amides is 1. The molecule has 0 saturated carbocycles. The molecular formula is C25H28N4O3. The lowest BCUT2D eigenvalue weighted by Crippen LogP contribution is -2.39. The van der Waals surface area contributed by atoms with Crippen LogP contribution in [0.2, 0.25) is 0 Å². The zero-order valence-electron chi connectivity index (χ0n) is 18.5. The number of nitrogens with zero attached hydrogens (tertiary/aromatic N) is 3. The molecule has 32 heavy (non-hydrogen) atoms. The van der Waals surface area contributed by atoms with Crippen molar-refractivity contribution in [3.63, 3.8) is 0 Å². The number of carbonyl (C=O) groups excluding carboxylic acids is 1. The monoisotopic (exact) mass is 432 g/mol. The van der Waals surface area contributed by atoms with Crippen molar-refractivity contribution in [2.75, 3.05) is 33.9 Å². The molecule has 1 aromatic heterocycles. The van der Waals surface area contributed by atoms with Crippen LogP contribution in [0.25, 0.3) is 11.3 Å². The number of nitrogens with one attached hydrogen (secondary N) is 1. The first kappa shape index (κ1) is 21.6. The minimum atomic E-state index is -0.0105. The third kappa shape index (κ3) is 5.00. The number of aromatic nitrogens is 2. The van der Waals surface area contributed by atoms with E-state index in [2.05, 4.69) is 27.6 Å². The SMILES string of the molecule is COc1cccc(CNC(=O)CN2CC=C(c3cnn(-c4ccccc4)c3)CC2)c1OC. The molecular weight excluding hydrogens is 404 g/mol. The molecule has 0 spiro atoms. The van der Waals surface area contributed by atoms with Crippen LogP contribution in [0.4, 0.5) is 0 Å². The minimum Gasteiger partial charge on any atom is -0.493 e. The van der Waals surface area contributed by atoms with E-state index in [-0.39, 0.29) is 5.91 Å². The van der Waals surface area contributed by atoms with Crippen LogP contribution >= 0.6 is 0 Å². The van der Waals surface area contributed by atoms with Gasteiger partial charge in [-0.05, 0) is 30.2 Å². The minimum absolute atomic E-state index is 0.0105. The highest BCUT2D eigenvalue weighted by Gasteiger charge is 2.17. The van der Waals surface area contributed by atoms with Crippen molar-refractivity contribution >= 4 is 11.5 Å². The molecule has 1 aliphatic heterocycles. The molecule has 0 unspecified atom stereocenters. The molecule has 7 nitrogen and oxygen atoms in total. The topological polar surface area (TPSA) is 68.6 Å². The van der Waals surface area contributed by atoms with E-state index < -0.39 is 0 Å². The van der Waals surface area contributed by atoms with Gasteiger partial charge >= 0.3 is 0 Å². The highest BCUT2D eigenvalue weighted by Crippen LogP contribution is 2.30. The van der Waals surface area contributed by atoms with Crippen LogP contribution in [0.1, 0.15) is 17.5 Å². The Morgan fingerprint density at radius 1 is 1.09 bits per heavy atom. The molecule has 0 bridgehead atoms. The zero-order valence-corrected chi connectivity index (χ0v) is 18.5. The summed E-state index contributed by atoms with van der Waals surface area (Å²) in [4.78, 5) is 14.6. The summed E-state index contributed by atoms with van der Waals surface area (Å²) < 4.78 is 12.6. The molecule has 3 aromatic rings. The summed E-state index contributed by atoms with van der Waals surface area (Å²) in [6.45, 7) is 2.33. The van der Waals surface area contributed by atoms with Crippen LogP contribution in [0.3, 0.4) is 0 Å². The van der Waals surface area contributed by atoms with E-state index in [1.165, 1.54) is 5.57 Å². The molecule has 1 aliphatic rings. The van der Waals surface area contributed by atoms with Gasteiger partial charge in [0.2, 0.25) is 5.91 Å². The van der Waals surface area contributed by atoms with Crippen molar-refractivity contribution in [3.8, 4) is 17.2 Å². The largest absolute Gasteiger partial charge is 0.493 e. The maximum atomic E-state index is 12.5. The molecule has 0 radical (unpaired) electrons. The van der Waals surface area contributed by atoms with Crippen molar-refractivity contribution in [2.24, 2.45) is 0 Å². The predicted octanol–water partition coefficient (Wildman–Crippen LogP) is 3.30. The van der Waals surface area contributed by atoms with Crippen molar-refractivity contribution in [1.29, 1.82) is 0 Å². The Hall–Kier alpha value is -3.58. The van der Waals surface area contributed by atoms with Gasteiger partial charge in [-0.3, -0.25) is 9.69 Å². The molecule has 0 fully saturated rings. The van der Waals surface area contributed by atoms with E-state index in [1.54, 1.807) is 14.2 Å². The molecule has 0 saturated heterocycles. The van der Waals surface area contributed by atoms with Gasteiger partial charge in [-0.15, -0.1) is 0 Å². The highest BCUT2D eigenvalue weighted by atomic mass is 16.5. The molecule has 4 rings (SSSR count). The molecule has 0 aliphatic carbocycles. The zero-order chi connectivity index (χ0) is 22.3. The Kier molecular flexibility index (Phi) is 6.87. The van der Waals surface area contributed by atoms with Gasteiger partial charge in [0.15, 0.2) is 11.5 Å². The molecule has 2 heterocycles. The van der Waals surface area contributed by atoms with Crippen LogP contribution in [-0.2, 0) is 11.3 Å².